The van der Waals surface area contributed by atoms with E-state index in [0.29, 0.717) is 29.8 Å². The second kappa shape index (κ2) is 8.47. The summed E-state index contributed by atoms with van der Waals surface area (Å²) < 4.78 is 10.6. The Bertz CT molecular complexity index is 684. The van der Waals surface area contributed by atoms with Crippen molar-refractivity contribution in [3.05, 3.63) is 29.1 Å². The van der Waals surface area contributed by atoms with Gasteiger partial charge in [-0.3, -0.25) is 14.9 Å². The lowest BCUT2D eigenvalue weighted by Gasteiger charge is -2.06. The van der Waals surface area contributed by atoms with E-state index in [1.807, 2.05) is 6.92 Å². The van der Waals surface area contributed by atoms with E-state index in [1.54, 1.807) is 26.8 Å². The number of nitrogens with zero attached hydrogens (tertiary/aromatic N) is 3. The van der Waals surface area contributed by atoms with Crippen molar-refractivity contribution < 1.29 is 23.8 Å². The van der Waals surface area contributed by atoms with Crippen LogP contribution in [0.1, 0.15) is 34.8 Å². The Morgan fingerprint density at radius 1 is 1.35 bits per heavy atom. The van der Waals surface area contributed by atoms with E-state index < -0.39 is 5.91 Å². The first-order valence-electron chi connectivity index (χ1n) is 6.73. The largest absolute Gasteiger partial charge is 0.483 e. The second-order valence-electron chi connectivity index (χ2n) is 4.31. The minimum Gasteiger partial charge on any atom is -0.483 e. The van der Waals surface area contributed by atoms with Crippen molar-refractivity contribution in [3.8, 4) is 5.88 Å². The van der Waals surface area contributed by atoms with E-state index in [4.69, 9.17) is 19.1 Å². The highest BCUT2D eigenvalue weighted by molar-refractivity contribution is 6.01. The van der Waals surface area contributed by atoms with Crippen LogP contribution in [0.5, 0.6) is 5.88 Å². The Balaban J connectivity index is 0.000000816. The molecule has 0 aliphatic heterocycles. The Morgan fingerprint density at radius 2 is 2.00 bits per heavy atom. The highest BCUT2D eigenvalue weighted by Gasteiger charge is 2.17. The molecule has 0 aromatic carbocycles. The SMILES string of the molecule is CCOc1cc(C)nc(NC(=O)c2oc(C)nc2C)n1.O=CO. The quantitative estimate of drug-likeness (QED) is 0.815. The molecule has 0 saturated carbocycles. The normalized spacial score (nSPS) is 9.57. The maximum absolute atomic E-state index is 12.1. The van der Waals surface area contributed by atoms with Crippen LogP contribution >= 0.6 is 0 Å². The first kappa shape index (κ1) is 18.1. The van der Waals surface area contributed by atoms with Crippen LogP contribution in [0.15, 0.2) is 10.5 Å². The average Bonchev–Trinajstić information content (AvgIpc) is 2.78. The minimum atomic E-state index is -0.434. The molecule has 0 unspecified atom stereocenters. The number of hydrogen-bond donors (Lipinski definition) is 2. The number of carboxylic acid groups (broad SMARTS) is 1. The summed E-state index contributed by atoms with van der Waals surface area (Å²) in [4.78, 5) is 32.7. The van der Waals surface area contributed by atoms with Crippen molar-refractivity contribution in [1.29, 1.82) is 0 Å². The average molecular weight is 322 g/mol. The van der Waals surface area contributed by atoms with E-state index in [1.165, 1.54) is 0 Å². The molecule has 0 aliphatic rings. The van der Waals surface area contributed by atoms with E-state index in [0.717, 1.165) is 0 Å². The van der Waals surface area contributed by atoms with Gasteiger partial charge in [-0.1, -0.05) is 0 Å². The molecule has 9 heteroatoms. The smallest absolute Gasteiger partial charge is 0.295 e. The standard InChI is InChI=1S/C13H16N4O3.CH2O2/c1-5-19-10-6-7(2)14-13(16-10)17-12(18)11-8(3)15-9(4)20-11;2-1-3/h6H,5H2,1-4H3,(H,14,16,17,18);1H,(H,2,3). The third-order valence-electron chi connectivity index (χ3n) is 2.46. The van der Waals surface area contributed by atoms with Crippen molar-refractivity contribution in [1.82, 2.24) is 15.0 Å². The van der Waals surface area contributed by atoms with Crippen molar-refractivity contribution >= 4 is 18.3 Å². The molecule has 0 bridgehead atoms. The van der Waals surface area contributed by atoms with Crippen molar-refractivity contribution in [2.24, 2.45) is 0 Å². The molecule has 2 N–H and O–H groups in total. The van der Waals surface area contributed by atoms with Crippen molar-refractivity contribution in [2.45, 2.75) is 27.7 Å². The zero-order valence-corrected chi connectivity index (χ0v) is 13.3. The molecule has 0 fully saturated rings. The van der Waals surface area contributed by atoms with Crippen LogP contribution in [0.25, 0.3) is 0 Å². The molecule has 124 valence electrons. The molecular weight excluding hydrogens is 304 g/mol. The van der Waals surface area contributed by atoms with Gasteiger partial charge >= 0.3 is 0 Å². The molecule has 0 atom stereocenters. The number of carbonyl (C=O) groups is 2. The first-order valence-corrected chi connectivity index (χ1v) is 6.73. The predicted molar refractivity (Wildman–Crippen MR) is 80.6 cm³/mol. The molecule has 9 nitrogen and oxygen atoms in total. The van der Waals surface area contributed by atoms with Crippen LogP contribution < -0.4 is 10.1 Å². The summed E-state index contributed by atoms with van der Waals surface area (Å²) in [6.45, 7) is 7.28. The van der Waals surface area contributed by atoms with Gasteiger partial charge in [0.15, 0.2) is 5.89 Å². The maximum atomic E-state index is 12.1. The van der Waals surface area contributed by atoms with Gasteiger partial charge in [0.1, 0.15) is 0 Å². The van der Waals surface area contributed by atoms with Gasteiger partial charge in [-0.25, -0.2) is 9.97 Å². The highest BCUT2D eigenvalue weighted by atomic mass is 16.5. The summed E-state index contributed by atoms with van der Waals surface area (Å²) in [5.41, 5.74) is 1.22. The predicted octanol–water partition coefficient (Wildman–Crippen LogP) is 1.74. The number of aryl methyl sites for hydroxylation is 3. The third kappa shape index (κ3) is 5.38. The molecule has 2 heterocycles. The molecule has 23 heavy (non-hydrogen) atoms. The molecule has 1 amide bonds. The van der Waals surface area contributed by atoms with Gasteiger partial charge in [-0.05, 0) is 20.8 Å². The molecule has 2 aromatic rings. The lowest BCUT2D eigenvalue weighted by Crippen LogP contribution is -2.15. The molecule has 0 aliphatic carbocycles. The monoisotopic (exact) mass is 322 g/mol. The van der Waals surface area contributed by atoms with Gasteiger partial charge in [0.2, 0.25) is 17.6 Å². The lowest BCUT2D eigenvalue weighted by molar-refractivity contribution is -0.122. The highest BCUT2D eigenvalue weighted by Crippen LogP contribution is 2.14. The van der Waals surface area contributed by atoms with Crippen LogP contribution in [-0.2, 0) is 4.79 Å². The molecule has 0 radical (unpaired) electrons. The van der Waals surface area contributed by atoms with Crippen LogP contribution in [0, 0.1) is 20.8 Å². The summed E-state index contributed by atoms with van der Waals surface area (Å²) in [6.07, 6.45) is 0. The zero-order chi connectivity index (χ0) is 17.4. The van der Waals surface area contributed by atoms with Gasteiger partial charge in [-0.2, -0.15) is 4.98 Å². The number of hydrogen-bond acceptors (Lipinski definition) is 7. The van der Waals surface area contributed by atoms with Crippen LogP contribution in [0.4, 0.5) is 5.95 Å². The van der Waals surface area contributed by atoms with Gasteiger partial charge < -0.3 is 14.3 Å². The maximum Gasteiger partial charge on any atom is 0.295 e. The van der Waals surface area contributed by atoms with Crippen LogP contribution in [0.3, 0.4) is 0 Å². The minimum absolute atomic E-state index is 0.158. The summed E-state index contributed by atoms with van der Waals surface area (Å²) >= 11 is 0. The van der Waals surface area contributed by atoms with E-state index in [-0.39, 0.29) is 18.2 Å². The van der Waals surface area contributed by atoms with E-state index in [2.05, 4.69) is 20.3 Å². The fourth-order valence-electron chi connectivity index (χ4n) is 1.72. The number of rotatable bonds is 4. The molecule has 2 aromatic heterocycles. The lowest BCUT2D eigenvalue weighted by atomic mass is 10.3. The fourth-order valence-corrected chi connectivity index (χ4v) is 1.72. The molecular formula is C14H18N4O5. The Morgan fingerprint density at radius 3 is 2.52 bits per heavy atom. The summed E-state index contributed by atoms with van der Waals surface area (Å²) in [5.74, 6) is 0.752. The number of oxazole rings is 1. The molecule has 2 rings (SSSR count). The Hall–Kier alpha value is -2.97. The summed E-state index contributed by atoms with van der Waals surface area (Å²) in [5, 5.41) is 9.47. The number of anilines is 1. The summed E-state index contributed by atoms with van der Waals surface area (Å²) in [7, 11) is 0. The number of nitrogens with one attached hydrogen (secondary N) is 1. The topological polar surface area (TPSA) is 127 Å². The van der Waals surface area contributed by atoms with Gasteiger partial charge in [0, 0.05) is 18.7 Å². The van der Waals surface area contributed by atoms with Gasteiger partial charge in [0.05, 0.1) is 12.3 Å². The van der Waals surface area contributed by atoms with Gasteiger partial charge in [-0.15, -0.1) is 0 Å². The van der Waals surface area contributed by atoms with E-state index >= 15 is 0 Å². The number of ether oxygens (including phenoxy) is 1. The third-order valence-corrected chi connectivity index (χ3v) is 2.46. The van der Waals surface area contributed by atoms with Crippen LogP contribution in [-0.4, -0.2) is 39.0 Å². The van der Waals surface area contributed by atoms with Crippen molar-refractivity contribution in [3.63, 3.8) is 0 Å². The number of amides is 1. The molecule has 0 saturated heterocycles. The fraction of sp³-hybridized carbons (Fsp3) is 0.357. The number of aromatic nitrogens is 3. The van der Waals surface area contributed by atoms with Crippen LogP contribution in [0.2, 0.25) is 0 Å². The van der Waals surface area contributed by atoms with Gasteiger partial charge in [0.25, 0.3) is 12.4 Å². The Labute approximate surface area is 132 Å². The van der Waals surface area contributed by atoms with E-state index in [9.17, 15) is 4.79 Å². The second-order valence-corrected chi connectivity index (χ2v) is 4.31. The zero-order valence-electron chi connectivity index (χ0n) is 13.3. The first-order chi connectivity index (χ1) is 10.9. The number of carbonyl (C=O) groups excluding carboxylic acids is 1. The van der Waals surface area contributed by atoms with Crippen molar-refractivity contribution in [2.75, 3.05) is 11.9 Å². The Kier molecular flexibility index (Phi) is 6.66. The summed E-state index contributed by atoms with van der Waals surface area (Å²) in [6, 6.07) is 1.70. The molecule has 0 spiro atoms.